The fraction of sp³-hybridized carbons (Fsp3) is 0.444. The Kier molecular flexibility index (Phi) is 6.02. The summed E-state index contributed by atoms with van der Waals surface area (Å²) >= 11 is 0. The number of rotatable bonds is 6. The van der Waals surface area contributed by atoms with Crippen molar-refractivity contribution in [3.05, 3.63) is 12.7 Å². The van der Waals surface area contributed by atoms with Crippen LogP contribution in [0.25, 0.3) is 0 Å². The third-order valence-corrected chi connectivity index (χ3v) is 1.34. The van der Waals surface area contributed by atoms with Gasteiger partial charge in [0.05, 0.1) is 6.42 Å². The number of Topliss-reactive ketones (excluding diaryl/α,β-unsaturated/α-hetero) is 1. The van der Waals surface area contributed by atoms with Crippen molar-refractivity contribution in [1.29, 1.82) is 0 Å². The normalized spacial score (nSPS) is 8.93. The highest BCUT2D eigenvalue weighted by molar-refractivity contribution is 5.96. The van der Waals surface area contributed by atoms with Crippen LogP contribution in [0.4, 0.5) is 0 Å². The summed E-state index contributed by atoms with van der Waals surface area (Å²) in [5.74, 6) is -0.797. The lowest BCUT2D eigenvalue weighted by Gasteiger charge is -2.03. The van der Waals surface area contributed by atoms with Crippen molar-refractivity contribution < 1.29 is 14.4 Å². The number of carbonyl (C=O) groups excluding carboxylic acids is 3. The highest BCUT2D eigenvalue weighted by Crippen LogP contribution is 1.80. The van der Waals surface area contributed by atoms with Crippen LogP contribution >= 0.6 is 0 Å². The first-order valence-corrected chi connectivity index (χ1v) is 4.22. The molecule has 14 heavy (non-hydrogen) atoms. The van der Waals surface area contributed by atoms with Gasteiger partial charge in [-0.25, -0.2) is 0 Å². The van der Waals surface area contributed by atoms with Gasteiger partial charge >= 0.3 is 0 Å². The van der Waals surface area contributed by atoms with E-state index in [1.807, 2.05) is 0 Å². The summed E-state index contributed by atoms with van der Waals surface area (Å²) in [6.45, 7) is 5.26. The van der Waals surface area contributed by atoms with E-state index in [0.717, 1.165) is 6.08 Å². The van der Waals surface area contributed by atoms with Gasteiger partial charge in [-0.2, -0.15) is 0 Å². The van der Waals surface area contributed by atoms with Gasteiger partial charge in [0.15, 0.2) is 0 Å². The second-order valence-corrected chi connectivity index (χ2v) is 2.72. The Morgan fingerprint density at radius 3 is 2.29 bits per heavy atom. The van der Waals surface area contributed by atoms with E-state index >= 15 is 0 Å². The SMILES string of the molecule is C=CC(=O)NCCNC(=O)CC(C)=O. The molecule has 0 aliphatic rings. The molecule has 0 atom stereocenters. The van der Waals surface area contributed by atoms with Crippen LogP contribution < -0.4 is 10.6 Å². The first kappa shape index (κ1) is 12.3. The molecule has 0 spiro atoms. The fourth-order valence-electron chi connectivity index (χ4n) is 0.748. The molecule has 2 amide bonds. The largest absolute Gasteiger partial charge is 0.354 e. The first-order chi connectivity index (χ1) is 6.56. The molecule has 0 aliphatic carbocycles. The summed E-state index contributed by atoms with van der Waals surface area (Å²) in [4.78, 5) is 32.0. The van der Waals surface area contributed by atoms with Crippen LogP contribution in [0.1, 0.15) is 13.3 Å². The van der Waals surface area contributed by atoms with E-state index in [1.165, 1.54) is 6.92 Å². The minimum Gasteiger partial charge on any atom is -0.354 e. The maximum atomic E-state index is 10.9. The topological polar surface area (TPSA) is 75.3 Å². The van der Waals surface area contributed by atoms with Crippen molar-refractivity contribution >= 4 is 17.6 Å². The number of carbonyl (C=O) groups is 3. The average molecular weight is 198 g/mol. The maximum absolute atomic E-state index is 10.9. The van der Waals surface area contributed by atoms with Crippen LogP contribution in [0.5, 0.6) is 0 Å². The molecule has 2 N–H and O–H groups in total. The van der Waals surface area contributed by atoms with E-state index in [2.05, 4.69) is 17.2 Å². The predicted octanol–water partition coefficient (Wildman–Crippen LogP) is -0.616. The lowest BCUT2D eigenvalue weighted by Crippen LogP contribution is -2.34. The molecule has 0 aliphatic heterocycles. The van der Waals surface area contributed by atoms with E-state index < -0.39 is 0 Å². The molecule has 5 heteroatoms. The van der Waals surface area contributed by atoms with Gasteiger partial charge in [-0.15, -0.1) is 0 Å². The molecule has 78 valence electrons. The van der Waals surface area contributed by atoms with E-state index in [0.29, 0.717) is 13.1 Å². The smallest absolute Gasteiger partial charge is 0.243 e. The van der Waals surface area contributed by atoms with Crippen LogP contribution in [-0.2, 0) is 14.4 Å². The van der Waals surface area contributed by atoms with E-state index in [-0.39, 0.29) is 24.0 Å². The molecule has 0 bridgehead atoms. The summed E-state index contributed by atoms with van der Waals surface area (Å²) in [7, 11) is 0. The minimum absolute atomic E-state index is 0.116. The van der Waals surface area contributed by atoms with Crippen LogP contribution in [0.15, 0.2) is 12.7 Å². The highest BCUT2D eigenvalue weighted by Gasteiger charge is 2.03. The van der Waals surface area contributed by atoms with Gasteiger partial charge in [0.1, 0.15) is 5.78 Å². The second kappa shape index (κ2) is 6.82. The molecule has 0 aromatic rings. The molecular weight excluding hydrogens is 184 g/mol. The fourth-order valence-corrected chi connectivity index (χ4v) is 0.748. The van der Waals surface area contributed by atoms with Crippen LogP contribution in [0, 0.1) is 0 Å². The van der Waals surface area contributed by atoms with Crippen molar-refractivity contribution in [2.24, 2.45) is 0 Å². The maximum Gasteiger partial charge on any atom is 0.243 e. The van der Waals surface area contributed by atoms with Gasteiger partial charge in [-0.3, -0.25) is 14.4 Å². The number of amides is 2. The molecule has 0 saturated heterocycles. The molecule has 0 radical (unpaired) electrons. The Balaban J connectivity index is 3.45. The molecule has 0 heterocycles. The number of nitrogens with one attached hydrogen (secondary N) is 2. The van der Waals surface area contributed by atoms with Crippen molar-refractivity contribution in [2.75, 3.05) is 13.1 Å². The van der Waals surface area contributed by atoms with Crippen molar-refractivity contribution in [3.63, 3.8) is 0 Å². The summed E-state index contributed by atoms with van der Waals surface area (Å²) in [6.07, 6.45) is 1.03. The second-order valence-electron chi connectivity index (χ2n) is 2.72. The van der Waals surface area contributed by atoms with Crippen molar-refractivity contribution in [1.82, 2.24) is 10.6 Å². The lowest BCUT2D eigenvalue weighted by atomic mass is 10.3. The van der Waals surface area contributed by atoms with Crippen molar-refractivity contribution in [3.8, 4) is 0 Å². The van der Waals surface area contributed by atoms with Gasteiger partial charge in [0.2, 0.25) is 11.8 Å². The Morgan fingerprint density at radius 2 is 1.79 bits per heavy atom. The van der Waals surface area contributed by atoms with Gasteiger partial charge in [-0.05, 0) is 13.0 Å². The standard InChI is InChI=1S/C9H14N2O3/c1-3-8(13)10-4-5-11-9(14)6-7(2)12/h3H,1,4-6H2,2H3,(H,10,13)(H,11,14). The zero-order chi connectivity index (χ0) is 11.0. The predicted molar refractivity (Wildman–Crippen MR) is 51.5 cm³/mol. The van der Waals surface area contributed by atoms with Gasteiger partial charge in [-0.1, -0.05) is 6.58 Å². The summed E-state index contributed by atoms with van der Waals surface area (Å²) in [6, 6.07) is 0. The average Bonchev–Trinajstić information content (AvgIpc) is 2.10. The summed E-state index contributed by atoms with van der Waals surface area (Å²) in [5.41, 5.74) is 0. The molecule has 0 saturated carbocycles. The monoisotopic (exact) mass is 198 g/mol. The molecular formula is C9H14N2O3. The van der Waals surface area contributed by atoms with Gasteiger partial charge in [0, 0.05) is 13.1 Å². The number of hydrogen-bond acceptors (Lipinski definition) is 3. The zero-order valence-electron chi connectivity index (χ0n) is 8.13. The Morgan fingerprint density at radius 1 is 1.21 bits per heavy atom. The first-order valence-electron chi connectivity index (χ1n) is 4.22. The molecule has 0 rings (SSSR count). The van der Waals surface area contributed by atoms with Crippen LogP contribution in [0.2, 0.25) is 0 Å². The highest BCUT2D eigenvalue weighted by atomic mass is 16.2. The molecule has 0 fully saturated rings. The van der Waals surface area contributed by atoms with E-state index in [1.54, 1.807) is 0 Å². The van der Waals surface area contributed by atoms with Crippen molar-refractivity contribution in [2.45, 2.75) is 13.3 Å². The Hall–Kier alpha value is -1.65. The number of hydrogen-bond donors (Lipinski definition) is 2. The lowest BCUT2D eigenvalue weighted by molar-refractivity contribution is -0.127. The summed E-state index contributed by atoms with van der Waals surface area (Å²) in [5, 5.41) is 4.97. The van der Waals surface area contributed by atoms with Crippen LogP contribution in [-0.4, -0.2) is 30.7 Å². The quantitative estimate of drug-likeness (QED) is 0.339. The third kappa shape index (κ3) is 7.02. The third-order valence-electron chi connectivity index (χ3n) is 1.34. The zero-order valence-corrected chi connectivity index (χ0v) is 8.13. The molecule has 5 nitrogen and oxygen atoms in total. The van der Waals surface area contributed by atoms with Crippen LogP contribution in [0.3, 0.4) is 0 Å². The van der Waals surface area contributed by atoms with Gasteiger partial charge < -0.3 is 10.6 Å². The van der Waals surface area contributed by atoms with E-state index in [4.69, 9.17) is 0 Å². The summed E-state index contributed by atoms with van der Waals surface area (Å²) < 4.78 is 0. The molecule has 0 unspecified atom stereocenters. The minimum atomic E-state index is -0.328. The molecule has 0 aromatic carbocycles. The van der Waals surface area contributed by atoms with E-state index in [9.17, 15) is 14.4 Å². The Bertz CT molecular complexity index is 248. The Labute approximate surface area is 82.6 Å². The number of ketones is 1. The molecule has 0 aromatic heterocycles. The van der Waals surface area contributed by atoms with Gasteiger partial charge in [0.25, 0.3) is 0 Å².